The van der Waals surface area contributed by atoms with Crippen LogP contribution in [0, 0.1) is 34.1 Å². The van der Waals surface area contributed by atoms with Gasteiger partial charge >= 0.3 is 0 Å². The van der Waals surface area contributed by atoms with Crippen molar-refractivity contribution < 1.29 is 56.3 Å². The van der Waals surface area contributed by atoms with Crippen molar-refractivity contribution in [1.29, 1.82) is 0 Å². The van der Waals surface area contributed by atoms with Crippen molar-refractivity contribution >= 4 is 11.8 Å². The predicted molar refractivity (Wildman–Crippen MR) is 270 cm³/mol. The molecule has 6 heterocycles. The van der Waals surface area contributed by atoms with E-state index in [4.69, 9.17) is 18.9 Å². The molecule has 0 radical (unpaired) electrons. The summed E-state index contributed by atoms with van der Waals surface area (Å²) in [6.07, 6.45) is 6.35. The molecule has 0 unspecified atom stereocenters. The normalized spacial score (nSPS) is 22.8. The molecule has 2 aromatic heterocycles. The highest BCUT2D eigenvalue weighted by atomic mass is 19.1. The molecule has 0 saturated carbocycles. The zero-order valence-corrected chi connectivity index (χ0v) is 43.9. The van der Waals surface area contributed by atoms with Gasteiger partial charge in [0.2, 0.25) is 23.6 Å². The van der Waals surface area contributed by atoms with Crippen molar-refractivity contribution in [3.8, 4) is 11.8 Å². The molecule has 6 N–H and O–H groups in total. The average molecular weight is 1040 g/mol. The van der Waals surface area contributed by atoms with Crippen LogP contribution >= 0.6 is 0 Å². The molecular formula is C56H74F4N6O8. The van der Waals surface area contributed by atoms with Crippen molar-refractivity contribution in [1.82, 2.24) is 31.2 Å². The Bertz CT molecular complexity index is 2360. The first kappa shape index (κ1) is 56.5. The second-order valence-electron chi connectivity index (χ2n) is 23.2. The topological polar surface area (TPSA) is 185 Å². The van der Waals surface area contributed by atoms with E-state index >= 15 is 0 Å². The lowest BCUT2D eigenvalue weighted by atomic mass is 9.85. The van der Waals surface area contributed by atoms with Crippen LogP contribution in [0.5, 0.6) is 11.8 Å². The van der Waals surface area contributed by atoms with E-state index in [2.05, 4.69) is 84.9 Å². The van der Waals surface area contributed by atoms with Crippen molar-refractivity contribution in [2.75, 3.05) is 39.5 Å². The number of rotatable bonds is 16. The van der Waals surface area contributed by atoms with Crippen LogP contribution in [0.15, 0.2) is 60.9 Å². The molecule has 2 fully saturated rings. The Morgan fingerprint density at radius 1 is 0.608 bits per heavy atom. The lowest BCUT2D eigenvalue weighted by molar-refractivity contribution is -0.121. The van der Waals surface area contributed by atoms with Crippen LogP contribution in [-0.2, 0) is 44.7 Å². The zero-order chi connectivity index (χ0) is 53.6. The maximum atomic E-state index is 13.7. The number of carbonyl (C=O) groups is 2. The standard InChI is InChI=1S/2C28H37F2N3O4/c2*1-17(34)33-23(10-18-7-20(29)11-21(30)8-18)25(35)15-31-24-13-28(5-6-36-16-28)37-26-22(24)9-19(14-32-26)12-27(2,3)4/h2*7-9,11,14,23-25,31,35H,5-6,10,12-13,15-16H2,1-4H3,(H,33,34)/t23-,24-,25+,28+;23-,24-,25+,28-/m00/s1. The summed E-state index contributed by atoms with van der Waals surface area (Å²) in [5.41, 5.74) is 3.98. The van der Waals surface area contributed by atoms with Gasteiger partial charge in [0.1, 0.15) is 34.5 Å². The minimum atomic E-state index is -1.01. The molecule has 4 aromatic rings. The Kier molecular flexibility index (Phi) is 18.1. The van der Waals surface area contributed by atoms with Gasteiger partial charge in [0, 0.05) is 100 Å². The summed E-state index contributed by atoms with van der Waals surface area (Å²) in [4.78, 5) is 33.0. The summed E-state index contributed by atoms with van der Waals surface area (Å²) in [7, 11) is 0. The molecule has 2 saturated heterocycles. The molecule has 74 heavy (non-hydrogen) atoms. The lowest BCUT2D eigenvalue weighted by Crippen LogP contribution is -2.50. The van der Waals surface area contributed by atoms with Crippen LogP contribution in [0.2, 0.25) is 0 Å². The fraction of sp³-hybridized carbons (Fsp3) is 0.571. The highest BCUT2D eigenvalue weighted by Gasteiger charge is 2.46. The van der Waals surface area contributed by atoms with E-state index in [9.17, 15) is 37.4 Å². The number of benzene rings is 2. The second kappa shape index (κ2) is 23.8. The summed E-state index contributed by atoms with van der Waals surface area (Å²) >= 11 is 0. The smallest absolute Gasteiger partial charge is 0.218 e. The summed E-state index contributed by atoms with van der Waals surface area (Å²) in [5, 5.41) is 34.5. The van der Waals surface area contributed by atoms with Crippen LogP contribution in [0.25, 0.3) is 0 Å². The van der Waals surface area contributed by atoms with E-state index in [0.717, 1.165) is 60.1 Å². The summed E-state index contributed by atoms with van der Waals surface area (Å²) < 4.78 is 78.9. The third kappa shape index (κ3) is 15.9. The Balaban J connectivity index is 0.000000216. The van der Waals surface area contributed by atoms with E-state index in [1.165, 1.54) is 38.1 Å². The minimum Gasteiger partial charge on any atom is -0.468 e. The number of pyridine rings is 2. The fourth-order valence-electron chi connectivity index (χ4n) is 10.5. The van der Waals surface area contributed by atoms with Gasteiger partial charge in [-0.2, -0.15) is 0 Å². The molecule has 0 aliphatic carbocycles. The number of ether oxygens (including phenoxy) is 4. The molecule has 2 spiro atoms. The molecular weight excluding hydrogens is 961 g/mol. The molecule has 4 aliphatic heterocycles. The highest BCUT2D eigenvalue weighted by Crippen LogP contribution is 2.44. The largest absolute Gasteiger partial charge is 0.468 e. The monoisotopic (exact) mass is 1030 g/mol. The maximum Gasteiger partial charge on any atom is 0.218 e. The van der Waals surface area contributed by atoms with Gasteiger partial charge < -0.3 is 50.4 Å². The number of nitrogens with one attached hydrogen (secondary N) is 4. The van der Waals surface area contributed by atoms with Gasteiger partial charge in [-0.1, -0.05) is 41.5 Å². The molecule has 8 atom stereocenters. The molecule has 4 aliphatic rings. The van der Waals surface area contributed by atoms with Crippen LogP contribution in [-0.4, -0.2) is 107 Å². The first-order valence-electron chi connectivity index (χ1n) is 25.6. The molecule has 404 valence electrons. The number of halogens is 4. The van der Waals surface area contributed by atoms with Gasteiger partial charge in [-0.25, -0.2) is 27.5 Å². The Morgan fingerprint density at radius 2 is 0.973 bits per heavy atom. The van der Waals surface area contributed by atoms with Crippen molar-refractivity contribution in [3.05, 3.63) is 118 Å². The number of aromatic nitrogens is 2. The van der Waals surface area contributed by atoms with Crippen LogP contribution in [0.1, 0.15) is 127 Å². The first-order valence-corrected chi connectivity index (χ1v) is 25.6. The summed E-state index contributed by atoms with van der Waals surface area (Å²) in [6, 6.07) is 8.86. The van der Waals surface area contributed by atoms with Gasteiger partial charge in [-0.05, 0) is 95.2 Å². The number of amides is 2. The Morgan fingerprint density at radius 3 is 1.28 bits per heavy atom. The van der Waals surface area contributed by atoms with Gasteiger partial charge in [-0.3, -0.25) is 9.59 Å². The third-order valence-electron chi connectivity index (χ3n) is 13.6. The molecule has 8 rings (SSSR count). The third-order valence-corrected chi connectivity index (χ3v) is 13.6. The van der Waals surface area contributed by atoms with Crippen LogP contribution in [0.4, 0.5) is 17.6 Å². The summed E-state index contributed by atoms with van der Waals surface area (Å²) in [6.45, 7) is 18.2. The molecule has 14 nitrogen and oxygen atoms in total. The number of fused-ring (bicyclic) bond motifs is 2. The Hall–Kier alpha value is -5.24. The number of carbonyl (C=O) groups excluding carboxylic acids is 2. The molecule has 0 bridgehead atoms. The SMILES string of the molecule is CC(=O)N[C@@H](Cc1cc(F)cc(F)c1)[C@H](O)CN[C@H]1C[C@@]2(CCOC2)Oc2ncc(CC(C)(C)C)cc21.CC(=O)N[C@@H](Cc1cc(F)cc(F)c1)[C@H](O)CN[C@H]1C[C@]2(CCOC2)Oc2ncc(CC(C)(C)C)cc21. The van der Waals surface area contributed by atoms with E-state index in [1.54, 1.807) is 0 Å². The van der Waals surface area contributed by atoms with Gasteiger partial charge in [0.15, 0.2) is 0 Å². The number of hydrogen-bond donors (Lipinski definition) is 6. The van der Waals surface area contributed by atoms with Crippen molar-refractivity contribution in [2.24, 2.45) is 10.8 Å². The molecule has 2 amide bonds. The van der Waals surface area contributed by atoms with E-state index in [-0.39, 0.29) is 60.7 Å². The maximum absolute atomic E-state index is 13.7. The number of aliphatic hydroxyl groups excluding tert-OH is 2. The highest BCUT2D eigenvalue weighted by molar-refractivity contribution is 5.73. The van der Waals surface area contributed by atoms with Gasteiger partial charge in [-0.15, -0.1) is 0 Å². The minimum absolute atomic E-state index is 0.0799. The van der Waals surface area contributed by atoms with E-state index < -0.39 is 58.8 Å². The molecule has 18 heteroatoms. The van der Waals surface area contributed by atoms with Crippen molar-refractivity contribution in [3.63, 3.8) is 0 Å². The quantitative estimate of drug-likeness (QED) is 0.0619. The number of aliphatic hydroxyl groups is 2. The fourth-order valence-corrected chi connectivity index (χ4v) is 10.5. The number of hydrogen-bond acceptors (Lipinski definition) is 12. The van der Waals surface area contributed by atoms with Crippen molar-refractivity contribution in [2.45, 2.75) is 154 Å². The van der Waals surface area contributed by atoms with Crippen LogP contribution in [0.3, 0.4) is 0 Å². The predicted octanol–water partition coefficient (Wildman–Crippen LogP) is 7.26. The lowest BCUT2D eigenvalue weighted by Gasteiger charge is -2.39. The molecule has 2 aromatic carbocycles. The van der Waals surface area contributed by atoms with Gasteiger partial charge in [0.25, 0.3) is 0 Å². The first-order chi connectivity index (χ1) is 34.8. The second-order valence-corrected chi connectivity index (χ2v) is 23.2. The van der Waals surface area contributed by atoms with E-state index in [0.29, 0.717) is 62.2 Å². The van der Waals surface area contributed by atoms with Gasteiger partial charge in [0.05, 0.1) is 50.7 Å². The van der Waals surface area contributed by atoms with E-state index in [1.807, 2.05) is 12.4 Å². The summed E-state index contributed by atoms with van der Waals surface area (Å²) in [5.74, 6) is -2.36. The Labute approximate surface area is 432 Å². The van der Waals surface area contributed by atoms with Crippen LogP contribution < -0.4 is 30.7 Å². The average Bonchev–Trinajstić information content (AvgIpc) is 3.94. The zero-order valence-electron chi connectivity index (χ0n) is 43.9. The number of nitrogens with zero attached hydrogens (tertiary/aromatic N) is 2.